The maximum atomic E-state index is 12.0. The van der Waals surface area contributed by atoms with Crippen molar-refractivity contribution >= 4 is 11.7 Å². The fraction of sp³-hybridized carbons (Fsp3) is 0.562. The molecule has 4 nitrogen and oxygen atoms in total. The van der Waals surface area contributed by atoms with Crippen molar-refractivity contribution in [3.63, 3.8) is 0 Å². The fourth-order valence-corrected chi connectivity index (χ4v) is 2.03. The van der Waals surface area contributed by atoms with Gasteiger partial charge in [0.15, 0.2) is 0 Å². The van der Waals surface area contributed by atoms with Crippen molar-refractivity contribution in [3.8, 4) is 0 Å². The summed E-state index contributed by atoms with van der Waals surface area (Å²) in [6.07, 6.45) is 7.12. The molecule has 0 aliphatic rings. The highest BCUT2D eigenvalue weighted by Crippen LogP contribution is 2.15. The van der Waals surface area contributed by atoms with Crippen LogP contribution in [0.1, 0.15) is 55.8 Å². The summed E-state index contributed by atoms with van der Waals surface area (Å²) < 4.78 is 5.31. The Morgan fingerprint density at radius 3 is 2.55 bits per heavy atom. The van der Waals surface area contributed by atoms with Crippen LogP contribution in [-0.4, -0.2) is 19.6 Å². The average molecular weight is 278 g/mol. The van der Waals surface area contributed by atoms with Crippen LogP contribution < -0.4 is 10.9 Å². The van der Waals surface area contributed by atoms with Gasteiger partial charge in [0.05, 0.1) is 17.9 Å². The zero-order valence-electron chi connectivity index (χ0n) is 12.6. The second-order valence-corrected chi connectivity index (χ2v) is 4.82. The number of ether oxygens (including phenoxy) is 1. The number of para-hydroxylation sites is 1. The third-order valence-corrected chi connectivity index (χ3v) is 3.14. The standard InChI is InChI=1S/C16H26N2O2/c1-3-4-5-6-7-10-13-20-16(19)14-11-8-9-12-15(14)18-17-2/h8-9,11-12,17-18H,3-7,10,13H2,1-2H3. The first-order valence-corrected chi connectivity index (χ1v) is 7.48. The molecule has 0 aliphatic carbocycles. The van der Waals surface area contributed by atoms with Gasteiger partial charge in [-0.3, -0.25) is 0 Å². The molecule has 0 amide bonds. The molecule has 4 heteroatoms. The molecule has 0 bridgehead atoms. The minimum absolute atomic E-state index is 0.267. The third-order valence-electron chi connectivity index (χ3n) is 3.14. The van der Waals surface area contributed by atoms with Crippen molar-refractivity contribution in [1.82, 2.24) is 5.43 Å². The van der Waals surface area contributed by atoms with Crippen LogP contribution in [0.2, 0.25) is 0 Å². The predicted octanol–water partition coefficient (Wildman–Crippen LogP) is 3.75. The van der Waals surface area contributed by atoms with Crippen LogP contribution in [0.4, 0.5) is 5.69 Å². The summed E-state index contributed by atoms with van der Waals surface area (Å²) in [5, 5.41) is 0. The lowest BCUT2D eigenvalue weighted by Crippen LogP contribution is -2.18. The maximum absolute atomic E-state index is 12.0. The van der Waals surface area contributed by atoms with Crippen molar-refractivity contribution in [1.29, 1.82) is 0 Å². The zero-order valence-corrected chi connectivity index (χ0v) is 12.6. The van der Waals surface area contributed by atoms with Gasteiger partial charge in [0.25, 0.3) is 0 Å². The number of carbonyl (C=O) groups is 1. The highest BCUT2D eigenvalue weighted by Gasteiger charge is 2.11. The Bertz CT molecular complexity index is 394. The van der Waals surface area contributed by atoms with Gasteiger partial charge in [-0.2, -0.15) is 0 Å². The fourth-order valence-electron chi connectivity index (χ4n) is 2.03. The SMILES string of the molecule is CCCCCCCCOC(=O)c1ccccc1NNC. The number of carbonyl (C=O) groups excluding carboxylic acids is 1. The quantitative estimate of drug-likeness (QED) is 0.389. The van der Waals surface area contributed by atoms with Crippen LogP contribution in [0.15, 0.2) is 24.3 Å². The lowest BCUT2D eigenvalue weighted by molar-refractivity contribution is 0.0498. The van der Waals surface area contributed by atoms with E-state index in [0.29, 0.717) is 12.2 Å². The van der Waals surface area contributed by atoms with Gasteiger partial charge in [0, 0.05) is 7.05 Å². The van der Waals surface area contributed by atoms with E-state index in [9.17, 15) is 4.79 Å². The largest absolute Gasteiger partial charge is 0.462 e. The number of nitrogens with one attached hydrogen (secondary N) is 2. The lowest BCUT2D eigenvalue weighted by atomic mass is 10.1. The smallest absolute Gasteiger partial charge is 0.340 e. The molecule has 0 saturated heterocycles. The molecule has 0 atom stereocenters. The van der Waals surface area contributed by atoms with Gasteiger partial charge in [-0.05, 0) is 18.6 Å². The third kappa shape index (κ3) is 6.06. The number of esters is 1. The Hall–Kier alpha value is -1.55. The molecule has 0 saturated carbocycles. The van der Waals surface area contributed by atoms with Gasteiger partial charge in [-0.25, -0.2) is 10.2 Å². The minimum atomic E-state index is -0.267. The van der Waals surface area contributed by atoms with Crippen LogP contribution in [-0.2, 0) is 4.74 Å². The summed E-state index contributed by atoms with van der Waals surface area (Å²) in [6.45, 7) is 2.71. The van der Waals surface area contributed by atoms with Crippen LogP contribution in [0.3, 0.4) is 0 Å². The van der Waals surface area contributed by atoms with Crippen LogP contribution >= 0.6 is 0 Å². The molecule has 112 valence electrons. The zero-order chi connectivity index (χ0) is 14.6. The molecular formula is C16H26N2O2. The summed E-state index contributed by atoms with van der Waals surface area (Å²) in [5.41, 5.74) is 7.05. The highest BCUT2D eigenvalue weighted by atomic mass is 16.5. The summed E-state index contributed by atoms with van der Waals surface area (Å²) in [4.78, 5) is 12.0. The maximum Gasteiger partial charge on any atom is 0.340 e. The predicted molar refractivity (Wildman–Crippen MR) is 82.8 cm³/mol. The highest BCUT2D eigenvalue weighted by molar-refractivity contribution is 5.95. The van der Waals surface area contributed by atoms with Gasteiger partial charge in [0.2, 0.25) is 0 Å². The van der Waals surface area contributed by atoms with E-state index >= 15 is 0 Å². The topological polar surface area (TPSA) is 50.4 Å². The number of hydrogen-bond donors (Lipinski definition) is 2. The normalized spacial score (nSPS) is 10.3. The van der Waals surface area contributed by atoms with Crippen LogP contribution in [0.5, 0.6) is 0 Å². The monoisotopic (exact) mass is 278 g/mol. The molecule has 0 aliphatic heterocycles. The van der Waals surface area contributed by atoms with E-state index in [-0.39, 0.29) is 5.97 Å². The summed E-state index contributed by atoms with van der Waals surface area (Å²) in [5.74, 6) is -0.267. The van der Waals surface area contributed by atoms with Crippen molar-refractivity contribution in [2.24, 2.45) is 0 Å². The van der Waals surface area contributed by atoms with Crippen LogP contribution in [0.25, 0.3) is 0 Å². The minimum Gasteiger partial charge on any atom is -0.462 e. The van der Waals surface area contributed by atoms with Crippen molar-refractivity contribution in [2.45, 2.75) is 45.4 Å². The molecule has 0 aromatic heterocycles. The second-order valence-electron chi connectivity index (χ2n) is 4.82. The van der Waals surface area contributed by atoms with E-state index in [1.807, 2.05) is 18.2 Å². The first kappa shape index (κ1) is 16.5. The second kappa shape index (κ2) is 10.3. The molecule has 0 heterocycles. The van der Waals surface area contributed by atoms with E-state index in [4.69, 9.17) is 4.74 Å². The van der Waals surface area contributed by atoms with Gasteiger partial charge < -0.3 is 10.2 Å². The lowest BCUT2D eigenvalue weighted by Gasteiger charge is -2.10. The van der Waals surface area contributed by atoms with E-state index in [1.54, 1.807) is 13.1 Å². The molecule has 0 fully saturated rings. The average Bonchev–Trinajstić information content (AvgIpc) is 2.47. The molecule has 1 aromatic carbocycles. The Morgan fingerprint density at radius 2 is 1.80 bits per heavy atom. The van der Waals surface area contributed by atoms with E-state index in [2.05, 4.69) is 17.8 Å². The first-order chi connectivity index (χ1) is 9.79. The first-order valence-electron chi connectivity index (χ1n) is 7.48. The Morgan fingerprint density at radius 1 is 1.10 bits per heavy atom. The number of hydrazine groups is 1. The Kier molecular flexibility index (Phi) is 8.47. The number of benzene rings is 1. The van der Waals surface area contributed by atoms with Gasteiger partial charge in [-0.15, -0.1) is 0 Å². The molecule has 20 heavy (non-hydrogen) atoms. The van der Waals surface area contributed by atoms with E-state index < -0.39 is 0 Å². The molecule has 0 radical (unpaired) electrons. The van der Waals surface area contributed by atoms with Gasteiger partial charge >= 0.3 is 5.97 Å². The van der Waals surface area contributed by atoms with Crippen LogP contribution in [0, 0.1) is 0 Å². The number of hydrogen-bond acceptors (Lipinski definition) is 4. The van der Waals surface area contributed by atoms with Crippen molar-refractivity contribution in [3.05, 3.63) is 29.8 Å². The Labute approximate surface area is 121 Å². The summed E-state index contributed by atoms with van der Waals surface area (Å²) in [6, 6.07) is 7.33. The van der Waals surface area contributed by atoms with Crippen molar-refractivity contribution < 1.29 is 9.53 Å². The molecule has 0 unspecified atom stereocenters. The molecule has 1 aromatic rings. The molecule has 0 spiro atoms. The summed E-state index contributed by atoms with van der Waals surface area (Å²) >= 11 is 0. The number of anilines is 1. The Balaban J connectivity index is 2.29. The molecular weight excluding hydrogens is 252 g/mol. The molecule has 1 rings (SSSR count). The number of rotatable bonds is 10. The van der Waals surface area contributed by atoms with E-state index in [0.717, 1.165) is 18.5 Å². The molecule has 2 N–H and O–H groups in total. The number of unbranched alkanes of at least 4 members (excludes halogenated alkanes) is 5. The summed E-state index contributed by atoms with van der Waals surface area (Å²) in [7, 11) is 1.76. The van der Waals surface area contributed by atoms with Gasteiger partial charge in [0.1, 0.15) is 0 Å². The van der Waals surface area contributed by atoms with Gasteiger partial charge in [-0.1, -0.05) is 51.2 Å². The van der Waals surface area contributed by atoms with Crippen molar-refractivity contribution in [2.75, 3.05) is 19.1 Å². The van der Waals surface area contributed by atoms with E-state index in [1.165, 1.54) is 25.7 Å².